The SMILES string of the molecule is CC(=O)c1cccc(Nc2cc(NC3CC3)nc(C)n2)c1. The Morgan fingerprint density at radius 1 is 1.19 bits per heavy atom. The summed E-state index contributed by atoms with van der Waals surface area (Å²) in [5, 5.41) is 6.60. The molecule has 0 unspecified atom stereocenters. The molecular formula is C16H18N4O. The molecular weight excluding hydrogens is 264 g/mol. The Hall–Kier alpha value is -2.43. The van der Waals surface area contributed by atoms with E-state index in [1.165, 1.54) is 12.8 Å². The molecule has 5 heteroatoms. The van der Waals surface area contributed by atoms with Crippen LogP contribution in [0.3, 0.4) is 0 Å². The number of aryl methyl sites for hydroxylation is 1. The topological polar surface area (TPSA) is 66.9 Å². The molecule has 1 aliphatic carbocycles. The Labute approximate surface area is 123 Å². The molecule has 1 fully saturated rings. The summed E-state index contributed by atoms with van der Waals surface area (Å²) < 4.78 is 0. The predicted octanol–water partition coefficient (Wildman–Crippen LogP) is 3.31. The van der Waals surface area contributed by atoms with Gasteiger partial charge in [0, 0.05) is 23.4 Å². The summed E-state index contributed by atoms with van der Waals surface area (Å²) in [7, 11) is 0. The van der Waals surface area contributed by atoms with Gasteiger partial charge in [0.15, 0.2) is 5.78 Å². The first-order chi connectivity index (χ1) is 10.1. The smallest absolute Gasteiger partial charge is 0.159 e. The summed E-state index contributed by atoms with van der Waals surface area (Å²) in [4.78, 5) is 20.2. The minimum Gasteiger partial charge on any atom is -0.367 e. The lowest BCUT2D eigenvalue weighted by atomic mass is 10.1. The maximum absolute atomic E-state index is 11.4. The van der Waals surface area contributed by atoms with Crippen LogP contribution in [0.1, 0.15) is 35.9 Å². The first-order valence-corrected chi connectivity index (χ1v) is 7.10. The molecule has 1 aromatic heterocycles. The normalized spacial score (nSPS) is 13.8. The molecule has 21 heavy (non-hydrogen) atoms. The lowest BCUT2D eigenvalue weighted by Gasteiger charge is -2.10. The van der Waals surface area contributed by atoms with Crippen LogP contribution in [0.25, 0.3) is 0 Å². The van der Waals surface area contributed by atoms with E-state index in [1.807, 2.05) is 31.2 Å². The third kappa shape index (κ3) is 3.56. The van der Waals surface area contributed by atoms with Gasteiger partial charge in [-0.25, -0.2) is 9.97 Å². The third-order valence-corrected chi connectivity index (χ3v) is 3.31. The zero-order chi connectivity index (χ0) is 14.8. The van der Waals surface area contributed by atoms with Crippen molar-refractivity contribution in [2.75, 3.05) is 10.6 Å². The zero-order valence-electron chi connectivity index (χ0n) is 12.2. The average Bonchev–Trinajstić information content (AvgIpc) is 3.22. The molecule has 3 rings (SSSR count). The summed E-state index contributed by atoms with van der Waals surface area (Å²) >= 11 is 0. The molecule has 1 aliphatic rings. The minimum absolute atomic E-state index is 0.0496. The number of hydrogen-bond donors (Lipinski definition) is 2. The molecule has 1 heterocycles. The van der Waals surface area contributed by atoms with Crippen LogP contribution in [-0.4, -0.2) is 21.8 Å². The summed E-state index contributed by atoms with van der Waals surface area (Å²) in [6.45, 7) is 3.43. The van der Waals surface area contributed by atoms with Gasteiger partial charge >= 0.3 is 0 Å². The summed E-state index contributed by atoms with van der Waals surface area (Å²) in [5.74, 6) is 2.33. The highest BCUT2D eigenvalue weighted by molar-refractivity contribution is 5.95. The van der Waals surface area contributed by atoms with Crippen LogP contribution >= 0.6 is 0 Å². The molecule has 108 valence electrons. The molecule has 0 aliphatic heterocycles. The number of carbonyl (C=O) groups excluding carboxylic acids is 1. The van der Waals surface area contributed by atoms with E-state index in [0.717, 1.165) is 17.3 Å². The molecule has 2 N–H and O–H groups in total. The lowest BCUT2D eigenvalue weighted by Crippen LogP contribution is -2.06. The molecule has 5 nitrogen and oxygen atoms in total. The van der Waals surface area contributed by atoms with Crippen LogP contribution in [0, 0.1) is 6.92 Å². The van der Waals surface area contributed by atoms with Gasteiger partial charge in [0.25, 0.3) is 0 Å². The van der Waals surface area contributed by atoms with Gasteiger partial charge in [-0.1, -0.05) is 12.1 Å². The Morgan fingerprint density at radius 2 is 1.95 bits per heavy atom. The van der Waals surface area contributed by atoms with E-state index in [9.17, 15) is 4.79 Å². The molecule has 0 atom stereocenters. The number of benzene rings is 1. The van der Waals surface area contributed by atoms with Crippen LogP contribution in [0.2, 0.25) is 0 Å². The maximum atomic E-state index is 11.4. The van der Waals surface area contributed by atoms with Gasteiger partial charge in [-0.2, -0.15) is 0 Å². The fraction of sp³-hybridized carbons (Fsp3) is 0.312. The highest BCUT2D eigenvalue weighted by atomic mass is 16.1. The van der Waals surface area contributed by atoms with Crippen LogP contribution < -0.4 is 10.6 Å². The monoisotopic (exact) mass is 282 g/mol. The summed E-state index contributed by atoms with van der Waals surface area (Å²) in [6, 6.07) is 9.85. The average molecular weight is 282 g/mol. The Balaban J connectivity index is 1.81. The van der Waals surface area contributed by atoms with E-state index >= 15 is 0 Å². The van der Waals surface area contributed by atoms with Gasteiger partial charge in [0.2, 0.25) is 0 Å². The number of anilines is 3. The van der Waals surface area contributed by atoms with Crippen LogP contribution in [-0.2, 0) is 0 Å². The van der Waals surface area contributed by atoms with E-state index in [2.05, 4.69) is 20.6 Å². The molecule has 0 spiro atoms. The summed E-state index contributed by atoms with van der Waals surface area (Å²) in [6.07, 6.45) is 2.40. The van der Waals surface area contributed by atoms with Gasteiger partial charge < -0.3 is 10.6 Å². The second kappa shape index (κ2) is 5.52. The first kappa shape index (κ1) is 13.5. The van der Waals surface area contributed by atoms with Crippen LogP contribution in [0.15, 0.2) is 30.3 Å². The second-order valence-corrected chi connectivity index (χ2v) is 5.37. The van der Waals surface area contributed by atoms with E-state index in [1.54, 1.807) is 13.0 Å². The molecule has 0 bridgehead atoms. The largest absolute Gasteiger partial charge is 0.367 e. The lowest BCUT2D eigenvalue weighted by molar-refractivity contribution is 0.101. The Kier molecular flexibility index (Phi) is 3.56. The van der Waals surface area contributed by atoms with Crippen molar-refractivity contribution in [3.05, 3.63) is 41.7 Å². The summed E-state index contributed by atoms with van der Waals surface area (Å²) in [5.41, 5.74) is 1.53. The molecule has 1 aromatic carbocycles. The maximum Gasteiger partial charge on any atom is 0.159 e. The van der Waals surface area contributed by atoms with Gasteiger partial charge in [-0.05, 0) is 38.8 Å². The standard InChI is InChI=1S/C16H18N4O/c1-10(21)12-4-3-5-14(8-12)20-16-9-15(17-11(2)18-16)19-13-6-7-13/h3-5,8-9,13H,6-7H2,1-2H3,(H2,17,18,19,20). The van der Waals surface area contributed by atoms with Crippen molar-refractivity contribution in [1.29, 1.82) is 0 Å². The highest BCUT2D eigenvalue weighted by Gasteiger charge is 2.21. The predicted molar refractivity (Wildman–Crippen MR) is 83.1 cm³/mol. The number of ketones is 1. The van der Waals surface area contributed by atoms with E-state index in [4.69, 9.17) is 0 Å². The number of hydrogen-bond acceptors (Lipinski definition) is 5. The van der Waals surface area contributed by atoms with Crippen molar-refractivity contribution < 1.29 is 4.79 Å². The number of Topliss-reactive ketones (excluding diaryl/α,β-unsaturated/α-hetero) is 1. The van der Waals surface area contributed by atoms with E-state index < -0.39 is 0 Å². The van der Waals surface area contributed by atoms with Gasteiger partial charge in [-0.3, -0.25) is 4.79 Å². The van der Waals surface area contributed by atoms with Crippen molar-refractivity contribution in [3.63, 3.8) is 0 Å². The minimum atomic E-state index is 0.0496. The fourth-order valence-corrected chi connectivity index (χ4v) is 2.11. The Morgan fingerprint density at radius 3 is 2.67 bits per heavy atom. The molecule has 2 aromatic rings. The van der Waals surface area contributed by atoms with Crippen LogP contribution in [0.5, 0.6) is 0 Å². The van der Waals surface area contributed by atoms with Gasteiger partial charge in [0.1, 0.15) is 17.5 Å². The zero-order valence-corrected chi connectivity index (χ0v) is 12.2. The van der Waals surface area contributed by atoms with Crippen LogP contribution in [0.4, 0.5) is 17.3 Å². The number of aromatic nitrogens is 2. The molecule has 0 amide bonds. The molecule has 0 radical (unpaired) electrons. The quantitative estimate of drug-likeness (QED) is 0.824. The third-order valence-electron chi connectivity index (χ3n) is 3.31. The molecule has 1 saturated carbocycles. The first-order valence-electron chi connectivity index (χ1n) is 7.10. The second-order valence-electron chi connectivity index (χ2n) is 5.37. The van der Waals surface area contributed by atoms with Crippen molar-refractivity contribution in [2.24, 2.45) is 0 Å². The van der Waals surface area contributed by atoms with Gasteiger partial charge in [0.05, 0.1) is 0 Å². The number of nitrogens with one attached hydrogen (secondary N) is 2. The van der Waals surface area contributed by atoms with E-state index in [-0.39, 0.29) is 5.78 Å². The number of nitrogens with zero attached hydrogens (tertiary/aromatic N) is 2. The highest BCUT2D eigenvalue weighted by Crippen LogP contribution is 2.25. The Bertz CT molecular complexity index is 680. The fourth-order valence-electron chi connectivity index (χ4n) is 2.11. The van der Waals surface area contributed by atoms with Crippen molar-refractivity contribution >= 4 is 23.1 Å². The van der Waals surface area contributed by atoms with Crippen molar-refractivity contribution in [2.45, 2.75) is 32.7 Å². The van der Waals surface area contributed by atoms with E-state index in [0.29, 0.717) is 17.4 Å². The number of carbonyl (C=O) groups is 1. The number of rotatable bonds is 5. The van der Waals surface area contributed by atoms with Gasteiger partial charge in [-0.15, -0.1) is 0 Å². The van der Waals surface area contributed by atoms with Crippen molar-refractivity contribution in [3.8, 4) is 0 Å². The van der Waals surface area contributed by atoms with Crippen molar-refractivity contribution in [1.82, 2.24) is 9.97 Å². The molecule has 0 saturated heterocycles.